The summed E-state index contributed by atoms with van der Waals surface area (Å²) in [6.45, 7) is 1.01. The fourth-order valence-electron chi connectivity index (χ4n) is 1.83. The van der Waals surface area contributed by atoms with Crippen molar-refractivity contribution < 1.29 is 13.5 Å². The number of rotatable bonds is 7. The summed E-state index contributed by atoms with van der Waals surface area (Å²) in [6.07, 6.45) is 0. The van der Waals surface area contributed by atoms with Crippen LogP contribution in [0.15, 0.2) is 40.6 Å². The lowest BCUT2D eigenvalue weighted by atomic mass is 10.2. The molecule has 2 N–H and O–H groups in total. The molecule has 0 amide bonds. The van der Waals surface area contributed by atoms with Crippen molar-refractivity contribution in [2.24, 2.45) is 0 Å². The molecule has 0 radical (unpaired) electrons. The number of aliphatic hydroxyl groups is 1. The van der Waals surface area contributed by atoms with Gasteiger partial charge in [-0.1, -0.05) is 23.7 Å². The van der Waals surface area contributed by atoms with Gasteiger partial charge in [-0.3, -0.25) is 0 Å². The Morgan fingerprint density at radius 2 is 1.90 bits per heavy atom. The van der Waals surface area contributed by atoms with Gasteiger partial charge in [-0.05, 0) is 23.8 Å². The molecule has 1 aromatic heterocycles. The van der Waals surface area contributed by atoms with Crippen LogP contribution in [0, 0.1) is 0 Å². The Balaban J connectivity index is 1.90. The first-order chi connectivity index (χ1) is 10.0. The summed E-state index contributed by atoms with van der Waals surface area (Å²) in [5.41, 5.74) is 1.00. The fourth-order valence-corrected chi connectivity index (χ4v) is 3.90. The summed E-state index contributed by atoms with van der Waals surface area (Å²) in [5, 5.41) is 14.7. The molecule has 0 bridgehead atoms. The second-order valence-electron chi connectivity index (χ2n) is 4.52. The van der Waals surface area contributed by atoms with Crippen molar-refractivity contribution in [1.82, 2.24) is 5.32 Å². The topological polar surface area (TPSA) is 66.4 Å². The van der Waals surface area contributed by atoms with E-state index in [1.165, 1.54) is 0 Å². The largest absolute Gasteiger partial charge is 0.395 e. The molecule has 21 heavy (non-hydrogen) atoms. The van der Waals surface area contributed by atoms with Crippen molar-refractivity contribution in [3.05, 3.63) is 51.2 Å². The summed E-state index contributed by atoms with van der Waals surface area (Å²) in [5.74, 6) is -0.246. The average molecular weight is 346 g/mol. The van der Waals surface area contributed by atoms with Crippen molar-refractivity contribution in [2.75, 3.05) is 12.4 Å². The van der Waals surface area contributed by atoms with E-state index in [9.17, 15) is 8.42 Å². The van der Waals surface area contributed by atoms with Crippen molar-refractivity contribution >= 4 is 32.8 Å². The maximum Gasteiger partial charge on any atom is 0.180 e. The van der Waals surface area contributed by atoms with Crippen LogP contribution < -0.4 is 5.32 Å². The van der Waals surface area contributed by atoms with Gasteiger partial charge >= 0.3 is 0 Å². The molecule has 0 atom stereocenters. The number of sulfone groups is 1. The van der Waals surface area contributed by atoms with E-state index in [1.807, 2.05) is 11.4 Å². The van der Waals surface area contributed by atoms with Crippen LogP contribution in [-0.2, 0) is 22.9 Å². The first-order valence-corrected chi connectivity index (χ1v) is 9.28. The minimum atomic E-state index is -3.37. The molecule has 2 rings (SSSR count). The highest BCUT2D eigenvalue weighted by Crippen LogP contribution is 2.19. The lowest BCUT2D eigenvalue weighted by Crippen LogP contribution is -2.12. The van der Waals surface area contributed by atoms with Crippen molar-refractivity contribution in [3.8, 4) is 0 Å². The zero-order valence-corrected chi connectivity index (χ0v) is 13.6. The number of nitrogens with one attached hydrogen (secondary N) is 1. The standard InChI is InChI=1S/C14H16ClNO3S2/c15-12-7-13(20-10-12)9-16-8-11-1-3-14(4-2-11)21(18,19)6-5-17/h1-4,7,10,16-17H,5-6,8-9H2. The maximum atomic E-state index is 11.8. The number of halogens is 1. The molecule has 4 nitrogen and oxygen atoms in total. The lowest BCUT2D eigenvalue weighted by molar-refractivity contribution is 0.319. The lowest BCUT2D eigenvalue weighted by Gasteiger charge is -2.06. The molecule has 0 aliphatic carbocycles. The third-order valence-electron chi connectivity index (χ3n) is 2.89. The van der Waals surface area contributed by atoms with Crippen LogP contribution in [0.25, 0.3) is 0 Å². The summed E-state index contributed by atoms with van der Waals surface area (Å²) < 4.78 is 23.5. The first-order valence-electron chi connectivity index (χ1n) is 6.37. The van der Waals surface area contributed by atoms with Crippen LogP contribution >= 0.6 is 22.9 Å². The predicted octanol–water partition coefficient (Wildman–Crippen LogP) is 2.46. The summed E-state index contributed by atoms with van der Waals surface area (Å²) in [7, 11) is -3.37. The smallest absolute Gasteiger partial charge is 0.180 e. The monoisotopic (exact) mass is 345 g/mol. The zero-order chi connectivity index (χ0) is 15.3. The molecular weight excluding hydrogens is 330 g/mol. The van der Waals surface area contributed by atoms with Gasteiger partial charge in [-0.2, -0.15) is 0 Å². The molecule has 7 heteroatoms. The van der Waals surface area contributed by atoms with Crippen molar-refractivity contribution in [2.45, 2.75) is 18.0 Å². The van der Waals surface area contributed by atoms with Gasteiger partial charge in [0.15, 0.2) is 9.84 Å². The van der Waals surface area contributed by atoms with Gasteiger partial charge in [0.25, 0.3) is 0 Å². The summed E-state index contributed by atoms with van der Waals surface area (Å²) in [4.78, 5) is 1.40. The molecule has 0 saturated heterocycles. The number of thiophene rings is 1. The third-order valence-corrected chi connectivity index (χ3v) is 5.89. The van der Waals surface area contributed by atoms with Crippen molar-refractivity contribution in [3.63, 3.8) is 0 Å². The van der Waals surface area contributed by atoms with E-state index in [1.54, 1.807) is 35.6 Å². The second-order valence-corrected chi connectivity index (χ2v) is 8.06. The molecular formula is C14H16ClNO3S2. The highest BCUT2D eigenvalue weighted by molar-refractivity contribution is 7.91. The molecule has 1 heterocycles. The normalized spacial score (nSPS) is 11.7. The van der Waals surface area contributed by atoms with Crippen LogP contribution in [0.4, 0.5) is 0 Å². The van der Waals surface area contributed by atoms with Crippen LogP contribution in [0.1, 0.15) is 10.4 Å². The molecule has 0 fully saturated rings. The number of aliphatic hydroxyl groups excluding tert-OH is 1. The molecule has 2 aromatic rings. The highest BCUT2D eigenvalue weighted by Gasteiger charge is 2.12. The fraction of sp³-hybridized carbons (Fsp3) is 0.286. The Kier molecular flexibility index (Phi) is 5.78. The van der Waals surface area contributed by atoms with E-state index < -0.39 is 9.84 Å². The quantitative estimate of drug-likeness (QED) is 0.809. The molecule has 0 unspecified atom stereocenters. The molecule has 1 aromatic carbocycles. The van der Waals surface area contributed by atoms with Gasteiger partial charge in [0, 0.05) is 23.3 Å². The minimum Gasteiger partial charge on any atom is -0.395 e. The van der Waals surface area contributed by atoms with Gasteiger partial charge in [0.1, 0.15) is 0 Å². The van der Waals surface area contributed by atoms with Gasteiger partial charge in [0.2, 0.25) is 0 Å². The Morgan fingerprint density at radius 1 is 1.19 bits per heavy atom. The third kappa shape index (κ3) is 4.79. The zero-order valence-electron chi connectivity index (χ0n) is 11.3. The van der Waals surface area contributed by atoms with Crippen LogP contribution in [-0.4, -0.2) is 25.9 Å². The van der Waals surface area contributed by atoms with E-state index in [2.05, 4.69) is 5.32 Å². The number of benzene rings is 1. The predicted molar refractivity (Wildman–Crippen MR) is 85.5 cm³/mol. The number of hydrogen-bond donors (Lipinski definition) is 2. The maximum absolute atomic E-state index is 11.8. The molecule has 114 valence electrons. The second kappa shape index (κ2) is 7.38. The van der Waals surface area contributed by atoms with E-state index in [0.29, 0.717) is 6.54 Å². The molecule has 0 aliphatic heterocycles. The first kappa shape index (κ1) is 16.5. The Labute approximate surface area is 133 Å². The Hall–Kier alpha value is -0.920. The van der Waals surface area contributed by atoms with Crippen LogP contribution in [0.2, 0.25) is 5.02 Å². The van der Waals surface area contributed by atoms with Gasteiger partial charge in [-0.15, -0.1) is 11.3 Å². The van der Waals surface area contributed by atoms with Crippen LogP contribution in [0.5, 0.6) is 0 Å². The van der Waals surface area contributed by atoms with E-state index in [-0.39, 0.29) is 17.3 Å². The van der Waals surface area contributed by atoms with E-state index in [4.69, 9.17) is 16.7 Å². The van der Waals surface area contributed by atoms with Crippen LogP contribution in [0.3, 0.4) is 0 Å². The Bertz CT molecular complexity index is 680. The summed E-state index contributed by atoms with van der Waals surface area (Å²) >= 11 is 7.45. The van der Waals surface area contributed by atoms with Gasteiger partial charge < -0.3 is 10.4 Å². The Morgan fingerprint density at radius 3 is 2.48 bits per heavy atom. The van der Waals surface area contributed by atoms with Crippen molar-refractivity contribution in [1.29, 1.82) is 0 Å². The molecule has 0 spiro atoms. The summed E-state index contributed by atoms with van der Waals surface area (Å²) in [6, 6.07) is 8.62. The molecule has 0 saturated carbocycles. The number of hydrogen-bond acceptors (Lipinski definition) is 5. The van der Waals surface area contributed by atoms with Gasteiger partial charge in [0.05, 0.1) is 22.3 Å². The average Bonchev–Trinajstić information content (AvgIpc) is 2.85. The highest BCUT2D eigenvalue weighted by atomic mass is 35.5. The minimum absolute atomic E-state index is 0.241. The SMILES string of the molecule is O=S(=O)(CCO)c1ccc(CNCc2cc(Cl)cs2)cc1. The van der Waals surface area contributed by atoms with E-state index in [0.717, 1.165) is 22.0 Å². The van der Waals surface area contributed by atoms with Gasteiger partial charge in [-0.25, -0.2) is 8.42 Å². The molecule has 0 aliphatic rings. The van der Waals surface area contributed by atoms with E-state index >= 15 is 0 Å².